The van der Waals surface area contributed by atoms with Crippen LogP contribution in [0.1, 0.15) is 5.82 Å². The monoisotopic (exact) mass is 302 g/mol. The SMILES string of the molecule is N#CC(=CNc1ccc(SCC(=O)O)cc1)c1nn[nH]n1. The van der Waals surface area contributed by atoms with Crippen LogP contribution >= 0.6 is 11.8 Å². The number of tetrazole rings is 1. The fourth-order valence-corrected chi connectivity index (χ4v) is 1.99. The Morgan fingerprint density at radius 2 is 2.24 bits per heavy atom. The van der Waals surface area contributed by atoms with Crippen LogP contribution in [0, 0.1) is 11.3 Å². The molecule has 0 amide bonds. The van der Waals surface area contributed by atoms with E-state index in [1.165, 1.54) is 18.0 Å². The van der Waals surface area contributed by atoms with E-state index in [0.717, 1.165) is 10.6 Å². The molecule has 1 heterocycles. The van der Waals surface area contributed by atoms with Crippen LogP contribution in [0.3, 0.4) is 0 Å². The number of hydrogen-bond donors (Lipinski definition) is 3. The fourth-order valence-electron chi connectivity index (χ4n) is 1.37. The molecule has 3 N–H and O–H groups in total. The lowest BCUT2D eigenvalue weighted by atomic mass is 10.3. The molecule has 2 aromatic rings. The molecule has 1 aromatic heterocycles. The van der Waals surface area contributed by atoms with Crippen molar-refractivity contribution in [2.24, 2.45) is 0 Å². The van der Waals surface area contributed by atoms with Crippen molar-refractivity contribution in [3.8, 4) is 6.07 Å². The Hall–Kier alpha value is -2.86. The van der Waals surface area contributed by atoms with Gasteiger partial charge in [0.15, 0.2) is 0 Å². The molecule has 9 heteroatoms. The number of benzene rings is 1. The number of aromatic amines is 1. The first kappa shape index (κ1) is 14.5. The maximum absolute atomic E-state index is 10.5. The van der Waals surface area contributed by atoms with Crippen molar-refractivity contribution in [1.82, 2.24) is 20.6 Å². The van der Waals surface area contributed by atoms with E-state index in [1.54, 1.807) is 24.3 Å². The summed E-state index contributed by atoms with van der Waals surface area (Å²) in [5.74, 6) is -0.633. The summed E-state index contributed by atoms with van der Waals surface area (Å²) in [4.78, 5) is 11.3. The molecule has 0 aliphatic rings. The molecule has 0 atom stereocenters. The van der Waals surface area contributed by atoms with Crippen LogP contribution < -0.4 is 5.32 Å². The molecule has 0 saturated heterocycles. The zero-order valence-electron chi connectivity index (χ0n) is 10.6. The van der Waals surface area contributed by atoms with Crippen LogP contribution in [-0.2, 0) is 4.79 Å². The van der Waals surface area contributed by atoms with Crippen molar-refractivity contribution >= 4 is 29.0 Å². The Morgan fingerprint density at radius 3 is 2.81 bits per heavy atom. The highest BCUT2D eigenvalue weighted by molar-refractivity contribution is 8.00. The number of rotatable bonds is 6. The van der Waals surface area contributed by atoms with Crippen molar-refractivity contribution in [1.29, 1.82) is 5.26 Å². The van der Waals surface area contributed by atoms with Gasteiger partial charge in [0, 0.05) is 16.8 Å². The molecule has 106 valence electrons. The van der Waals surface area contributed by atoms with Gasteiger partial charge < -0.3 is 10.4 Å². The number of nitrogens with one attached hydrogen (secondary N) is 2. The van der Waals surface area contributed by atoms with Crippen LogP contribution in [0.5, 0.6) is 0 Å². The minimum atomic E-state index is -0.857. The topological polar surface area (TPSA) is 128 Å². The number of carboxylic acid groups (broad SMARTS) is 1. The molecule has 2 rings (SSSR count). The van der Waals surface area contributed by atoms with Gasteiger partial charge in [-0.2, -0.15) is 10.5 Å². The maximum Gasteiger partial charge on any atom is 0.313 e. The average Bonchev–Trinajstić information content (AvgIpc) is 3.01. The average molecular weight is 302 g/mol. The normalized spacial score (nSPS) is 10.9. The Balaban J connectivity index is 2.00. The van der Waals surface area contributed by atoms with Gasteiger partial charge in [-0.15, -0.1) is 22.0 Å². The first-order chi connectivity index (χ1) is 10.2. The van der Waals surface area contributed by atoms with Crippen LogP contribution in [0.2, 0.25) is 0 Å². The molecule has 0 aliphatic heterocycles. The van der Waals surface area contributed by atoms with Gasteiger partial charge in [0.05, 0.1) is 5.75 Å². The van der Waals surface area contributed by atoms with E-state index in [0.29, 0.717) is 0 Å². The van der Waals surface area contributed by atoms with Crippen LogP contribution in [0.4, 0.5) is 5.69 Å². The van der Waals surface area contributed by atoms with E-state index in [2.05, 4.69) is 25.9 Å². The summed E-state index contributed by atoms with van der Waals surface area (Å²) in [5.41, 5.74) is 0.999. The van der Waals surface area contributed by atoms with Crippen LogP contribution in [0.25, 0.3) is 5.57 Å². The predicted molar refractivity (Wildman–Crippen MR) is 76.2 cm³/mol. The van der Waals surface area contributed by atoms with E-state index in [9.17, 15) is 4.79 Å². The van der Waals surface area contributed by atoms with Gasteiger partial charge in [0.1, 0.15) is 11.6 Å². The molecule has 8 nitrogen and oxygen atoms in total. The van der Waals surface area contributed by atoms with E-state index in [4.69, 9.17) is 10.4 Å². The number of aliphatic carboxylic acids is 1. The number of nitriles is 1. The number of hydrogen-bond acceptors (Lipinski definition) is 7. The molecular weight excluding hydrogens is 292 g/mol. The molecule has 0 fully saturated rings. The van der Waals surface area contributed by atoms with Crippen molar-refractivity contribution in [3.63, 3.8) is 0 Å². The van der Waals surface area contributed by atoms with Gasteiger partial charge in [-0.05, 0) is 29.5 Å². The predicted octanol–water partition coefficient (Wildman–Crippen LogP) is 1.35. The summed E-state index contributed by atoms with van der Waals surface area (Å²) in [6.07, 6.45) is 1.48. The molecule has 0 saturated carbocycles. The maximum atomic E-state index is 10.5. The molecule has 0 unspecified atom stereocenters. The van der Waals surface area contributed by atoms with Crippen molar-refractivity contribution in [3.05, 3.63) is 36.3 Å². The van der Waals surface area contributed by atoms with E-state index in [-0.39, 0.29) is 17.2 Å². The number of thioether (sulfide) groups is 1. The third kappa shape index (κ3) is 4.32. The number of carboxylic acids is 1. The van der Waals surface area contributed by atoms with Gasteiger partial charge in [-0.3, -0.25) is 4.79 Å². The highest BCUT2D eigenvalue weighted by atomic mass is 32.2. The Kier molecular flexibility index (Phi) is 4.89. The van der Waals surface area contributed by atoms with E-state index < -0.39 is 5.97 Å². The summed E-state index contributed by atoms with van der Waals surface area (Å²) >= 11 is 1.24. The van der Waals surface area contributed by atoms with Gasteiger partial charge in [0.2, 0.25) is 5.82 Å². The second kappa shape index (κ2) is 7.06. The van der Waals surface area contributed by atoms with Gasteiger partial charge in [0.25, 0.3) is 0 Å². The molecule has 0 bridgehead atoms. The zero-order chi connectivity index (χ0) is 15.1. The highest BCUT2D eigenvalue weighted by Crippen LogP contribution is 2.20. The lowest BCUT2D eigenvalue weighted by Gasteiger charge is -2.03. The summed E-state index contributed by atoms with van der Waals surface area (Å²) in [5, 5.41) is 33.6. The summed E-state index contributed by atoms with van der Waals surface area (Å²) in [7, 11) is 0. The first-order valence-corrected chi connectivity index (χ1v) is 6.73. The molecular formula is C12H10N6O2S. The molecule has 0 aliphatic carbocycles. The molecule has 21 heavy (non-hydrogen) atoms. The number of carbonyl (C=O) groups is 1. The Bertz CT molecular complexity index is 675. The number of aromatic nitrogens is 4. The largest absolute Gasteiger partial charge is 0.481 e. The molecule has 0 radical (unpaired) electrons. The van der Waals surface area contributed by atoms with Gasteiger partial charge in [-0.1, -0.05) is 0 Å². The lowest BCUT2D eigenvalue weighted by Crippen LogP contribution is -1.97. The number of nitrogens with zero attached hydrogens (tertiary/aromatic N) is 4. The smallest absolute Gasteiger partial charge is 0.313 e. The third-order valence-electron chi connectivity index (χ3n) is 2.31. The third-order valence-corrected chi connectivity index (χ3v) is 3.30. The van der Waals surface area contributed by atoms with E-state index in [1.807, 2.05) is 6.07 Å². The molecule has 0 spiro atoms. The quantitative estimate of drug-likeness (QED) is 0.539. The minimum Gasteiger partial charge on any atom is -0.481 e. The summed E-state index contributed by atoms with van der Waals surface area (Å²) < 4.78 is 0. The second-order valence-electron chi connectivity index (χ2n) is 3.76. The highest BCUT2D eigenvalue weighted by Gasteiger charge is 2.05. The van der Waals surface area contributed by atoms with Gasteiger partial charge >= 0.3 is 5.97 Å². The Morgan fingerprint density at radius 1 is 1.48 bits per heavy atom. The lowest BCUT2D eigenvalue weighted by molar-refractivity contribution is -0.133. The Labute approximate surface area is 123 Å². The second-order valence-corrected chi connectivity index (χ2v) is 4.81. The van der Waals surface area contributed by atoms with Crippen molar-refractivity contribution in [2.45, 2.75) is 4.90 Å². The fraction of sp³-hybridized carbons (Fsp3) is 0.0833. The summed E-state index contributed by atoms with van der Waals surface area (Å²) in [6, 6.07) is 9.12. The standard InChI is InChI=1S/C12H10N6O2S/c13-5-8(12-15-17-18-16-12)6-14-9-1-3-10(4-2-9)21-7-11(19)20/h1-4,6,14H,7H2,(H,19,20)(H,15,16,17,18). The van der Waals surface area contributed by atoms with Crippen molar-refractivity contribution in [2.75, 3.05) is 11.1 Å². The number of H-pyrrole nitrogens is 1. The minimum absolute atomic E-state index is 0.0170. The van der Waals surface area contributed by atoms with Crippen LogP contribution in [0.15, 0.2) is 35.4 Å². The number of anilines is 1. The first-order valence-electron chi connectivity index (χ1n) is 5.74. The van der Waals surface area contributed by atoms with Crippen LogP contribution in [-0.4, -0.2) is 37.5 Å². The van der Waals surface area contributed by atoms with E-state index >= 15 is 0 Å². The zero-order valence-corrected chi connectivity index (χ0v) is 11.5. The molecule has 1 aromatic carbocycles. The number of allylic oxidation sites excluding steroid dienone is 1. The van der Waals surface area contributed by atoms with Crippen molar-refractivity contribution < 1.29 is 9.90 Å². The van der Waals surface area contributed by atoms with Gasteiger partial charge in [-0.25, -0.2) is 0 Å². The summed E-state index contributed by atoms with van der Waals surface area (Å²) in [6.45, 7) is 0.